The standard InChI is InChI=1S/C10H17N3O2/c1-7(2)10(14)5-13(6-10)4-9-8(3)11-15-12-9/h7,14H,4-6H2,1-3H3. The van der Waals surface area contributed by atoms with Crippen molar-refractivity contribution in [3.8, 4) is 0 Å². The highest BCUT2D eigenvalue weighted by Gasteiger charge is 2.43. The number of rotatable bonds is 3. The molecule has 84 valence electrons. The zero-order valence-corrected chi connectivity index (χ0v) is 9.40. The Morgan fingerprint density at radius 3 is 2.60 bits per heavy atom. The second-order valence-corrected chi connectivity index (χ2v) is 4.70. The van der Waals surface area contributed by atoms with Crippen LogP contribution in [-0.2, 0) is 6.54 Å². The van der Waals surface area contributed by atoms with Crippen molar-refractivity contribution in [2.24, 2.45) is 5.92 Å². The molecule has 0 amide bonds. The lowest BCUT2D eigenvalue weighted by molar-refractivity contribution is -0.131. The van der Waals surface area contributed by atoms with Gasteiger partial charge in [0.15, 0.2) is 0 Å². The second kappa shape index (κ2) is 3.57. The van der Waals surface area contributed by atoms with Gasteiger partial charge in [-0.05, 0) is 12.8 Å². The summed E-state index contributed by atoms with van der Waals surface area (Å²) in [6.07, 6.45) is 0. The van der Waals surface area contributed by atoms with Crippen LogP contribution in [0, 0.1) is 12.8 Å². The van der Waals surface area contributed by atoms with Gasteiger partial charge in [0.25, 0.3) is 0 Å². The van der Waals surface area contributed by atoms with Crippen LogP contribution in [0.2, 0.25) is 0 Å². The van der Waals surface area contributed by atoms with Crippen LogP contribution in [-0.4, -0.2) is 39.0 Å². The van der Waals surface area contributed by atoms with E-state index < -0.39 is 5.60 Å². The van der Waals surface area contributed by atoms with E-state index in [1.807, 2.05) is 20.8 Å². The number of aryl methyl sites for hydroxylation is 1. The van der Waals surface area contributed by atoms with E-state index in [2.05, 4.69) is 19.8 Å². The van der Waals surface area contributed by atoms with Crippen molar-refractivity contribution in [2.75, 3.05) is 13.1 Å². The Bertz CT molecular complexity index is 342. The molecular weight excluding hydrogens is 194 g/mol. The Kier molecular flexibility index (Phi) is 2.52. The van der Waals surface area contributed by atoms with Crippen molar-refractivity contribution < 1.29 is 9.74 Å². The van der Waals surface area contributed by atoms with Crippen LogP contribution in [0.1, 0.15) is 25.2 Å². The molecule has 0 unspecified atom stereocenters. The number of likely N-dealkylation sites (tertiary alicyclic amines) is 1. The molecule has 1 aliphatic rings. The van der Waals surface area contributed by atoms with Gasteiger partial charge >= 0.3 is 0 Å². The van der Waals surface area contributed by atoms with Crippen LogP contribution in [0.3, 0.4) is 0 Å². The molecule has 15 heavy (non-hydrogen) atoms. The summed E-state index contributed by atoms with van der Waals surface area (Å²) in [6.45, 7) is 8.08. The Morgan fingerprint density at radius 2 is 2.13 bits per heavy atom. The fourth-order valence-electron chi connectivity index (χ4n) is 1.81. The second-order valence-electron chi connectivity index (χ2n) is 4.70. The topological polar surface area (TPSA) is 62.4 Å². The number of nitrogens with zero attached hydrogens (tertiary/aromatic N) is 3. The molecule has 1 saturated heterocycles. The fraction of sp³-hybridized carbons (Fsp3) is 0.800. The monoisotopic (exact) mass is 211 g/mol. The number of aliphatic hydroxyl groups is 1. The molecule has 2 rings (SSSR count). The molecule has 0 aromatic carbocycles. The zero-order valence-electron chi connectivity index (χ0n) is 9.40. The SMILES string of the molecule is Cc1nonc1CN1CC(O)(C(C)C)C1. The lowest BCUT2D eigenvalue weighted by Crippen LogP contribution is -2.63. The van der Waals surface area contributed by atoms with Gasteiger partial charge in [-0.2, -0.15) is 0 Å². The van der Waals surface area contributed by atoms with E-state index in [1.54, 1.807) is 0 Å². The van der Waals surface area contributed by atoms with E-state index in [-0.39, 0.29) is 0 Å². The molecule has 0 saturated carbocycles. The van der Waals surface area contributed by atoms with E-state index in [4.69, 9.17) is 0 Å². The lowest BCUT2D eigenvalue weighted by Gasteiger charge is -2.48. The number of aromatic nitrogens is 2. The summed E-state index contributed by atoms with van der Waals surface area (Å²) in [5.41, 5.74) is 1.17. The summed E-state index contributed by atoms with van der Waals surface area (Å²) in [4.78, 5) is 2.15. The van der Waals surface area contributed by atoms with Crippen molar-refractivity contribution in [1.29, 1.82) is 0 Å². The molecule has 0 spiro atoms. The van der Waals surface area contributed by atoms with Gasteiger partial charge in [0.05, 0.1) is 5.60 Å². The molecule has 5 nitrogen and oxygen atoms in total. The molecule has 2 heterocycles. The van der Waals surface area contributed by atoms with Gasteiger partial charge < -0.3 is 5.11 Å². The smallest absolute Gasteiger partial charge is 0.122 e. The summed E-state index contributed by atoms with van der Waals surface area (Å²) >= 11 is 0. The third kappa shape index (κ3) is 1.89. The predicted octanol–water partition coefficient (Wildman–Crippen LogP) is 0.581. The van der Waals surface area contributed by atoms with Gasteiger partial charge in [0.1, 0.15) is 11.4 Å². The molecule has 1 aromatic heterocycles. The normalized spacial score (nSPS) is 20.6. The third-order valence-corrected chi connectivity index (χ3v) is 3.19. The maximum atomic E-state index is 10.1. The van der Waals surface area contributed by atoms with E-state index in [0.29, 0.717) is 25.6 Å². The first kappa shape index (κ1) is 10.6. The predicted molar refractivity (Wildman–Crippen MR) is 54.1 cm³/mol. The van der Waals surface area contributed by atoms with Crippen molar-refractivity contribution in [3.63, 3.8) is 0 Å². The summed E-state index contributed by atoms with van der Waals surface area (Å²) in [5, 5.41) is 17.6. The molecule has 1 aromatic rings. The average Bonchev–Trinajstić information content (AvgIpc) is 2.48. The van der Waals surface area contributed by atoms with E-state index >= 15 is 0 Å². The first-order valence-electron chi connectivity index (χ1n) is 5.24. The largest absolute Gasteiger partial charge is 0.387 e. The minimum atomic E-state index is -0.523. The van der Waals surface area contributed by atoms with Crippen LogP contribution in [0.5, 0.6) is 0 Å². The minimum absolute atomic E-state index is 0.297. The van der Waals surface area contributed by atoms with E-state index in [9.17, 15) is 5.11 Å². The fourth-order valence-corrected chi connectivity index (χ4v) is 1.81. The number of hydrogen-bond donors (Lipinski definition) is 1. The van der Waals surface area contributed by atoms with Gasteiger partial charge in [0, 0.05) is 19.6 Å². The van der Waals surface area contributed by atoms with Crippen molar-refractivity contribution in [2.45, 2.75) is 32.9 Å². The summed E-state index contributed by atoms with van der Waals surface area (Å²) < 4.78 is 4.63. The number of β-amino-alcohol motifs (C(OH)–C–C–N with tert-alkyl or cyclic N) is 1. The summed E-state index contributed by atoms with van der Waals surface area (Å²) in [7, 11) is 0. The molecule has 0 atom stereocenters. The van der Waals surface area contributed by atoms with Crippen LogP contribution < -0.4 is 0 Å². The van der Waals surface area contributed by atoms with Crippen molar-refractivity contribution in [1.82, 2.24) is 15.2 Å². The molecule has 0 bridgehead atoms. The number of hydrogen-bond acceptors (Lipinski definition) is 5. The summed E-state index contributed by atoms with van der Waals surface area (Å²) in [6, 6.07) is 0. The van der Waals surface area contributed by atoms with E-state index in [0.717, 1.165) is 11.4 Å². The van der Waals surface area contributed by atoms with Gasteiger partial charge in [0.2, 0.25) is 0 Å². The third-order valence-electron chi connectivity index (χ3n) is 3.19. The van der Waals surface area contributed by atoms with Crippen LogP contribution in [0.15, 0.2) is 4.63 Å². The van der Waals surface area contributed by atoms with Crippen LogP contribution in [0.4, 0.5) is 0 Å². The Labute approximate surface area is 89.0 Å². The highest BCUT2D eigenvalue weighted by molar-refractivity contribution is 5.07. The van der Waals surface area contributed by atoms with Crippen LogP contribution in [0.25, 0.3) is 0 Å². The average molecular weight is 211 g/mol. The molecule has 0 aliphatic carbocycles. The quantitative estimate of drug-likeness (QED) is 0.792. The maximum absolute atomic E-state index is 10.1. The highest BCUT2D eigenvalue weighted by Crippen LogP contribution is 2.29. The molecule has 0 radical (unpaired) electrons. The maximum Gasteiger partial charge on any atom is 0.122 e. The van der Waals surface area contributed by atoms with Crippen molar-refractivity contribution in [3.05, 3.63) is 11.4 Å². The van der Waals surface area contributed by atoms with Crippen molar-refractivity contribution >= 4 is 0 Å². The molecule has 1 fully saturated rings. The molecule has 1 N–H and O–H groups in total. The Balaban J connectivity index is 1.89. The molecular formula is C10H17N3O2. The molecule has 1 aliphatic heterocycles. The van der Waals surface area contributed by atoms with E-state index in [1.165, 1.54) is 0 Å². The van der Waals surface area contributed by atoms with Gasteiger partial charge in [-0.15, -0.1) is 0 Å². The molecule has 5 heteroatoms. The summed E-state index contributed by atoms with van der Waals surface area (Å²) in [5.74, 6) is 0.297. The first-order chi connectivity index (χ1) is 7.01. The minimum Gasteiger partial charge on any atom is -0.387 e. The van der Waals surface area contributed by atoms with Gasteiger partial charge in [-0.25, -0.2) is 4.63 Å². The first-order valence-corrected chi connectivity index (χ1v) is 5.24. The van der Waals surface area contributed by atoms with Gasteiger partial charge in [-0.1, -0.05) is 24.2 Å². The van der Waals surface area contributed by atoms with Crippen LogP contribution >= 0.6 is 0 Å². The Hall–Kier alpha value is -0.940. The van der Waals surface area contributed by atoms with Gasteiger partial charge in [-0.3, -0.25) is 4.90 Å². The highest BCUT2D eigenvalue weighted by atomic mass is 16.6. The Morgan fingerprint density at radius 1 is 1.47 bits per heavy atom. The lowest BCUT2D eigenvalue weighted by atomic mass is 9.83. The zero-order chi connectivity index (χ0) is 11.1.